The maximum absolute atomic E-state index is 5.86. The number of ether oxygens (including phenoxy) is 2. The molecule has 1 aliphatic heterocycles. The maximum atomic E-state index is 5.86. The van der Waals surface area contributed by atoms with Crippen molar-refractivity contribution < 1.29 is 9.47 Å². The second-order valence-electron chi connectivity index (χ2n) is 5.38. The maximum Gasteiger partial charge on any atom is 0.316 e. The monoisotopic (exact) mass is 312 g/mol. The van der Waals surface area contributed by atoms with Crippen LogP contribution < -0.4 is 4.74 Å². The average Bonchev–Trinajstić information content (AvgIpc) is 2.94. The summed E-state index contributed by atoms with van der Waals surface area (Å²) in [5.74, 6) is 0.739. The lowest BCUT2D eigenvalue weighted by Gasteiger charge is -2.26. The number of hydrogen-bond acceptors (Lipinski definition) is 4. The van der Waals surface area contributed by atoms with E-state index in [2.05, 4.69) is 25.9 Å². The van der Waals surface area contributed by atoms with Crippen LogP contribution in [0, 0.1) is 19.8 Å². The van der Waals surface area contributed by atoms with Gasteiger partial charge in [-0.15, -0.1) is 0 Å². The van der Waals surface area contributed by atoms with Gasteiger partial charge in [-0.3, -0.25) is 0 Å². The highest BCUT2D eigenvalue weighted by Crippen LogP contribution is 2.44. The van der Waals surface area contributed by atoms with Crippen molar-refractivity contribution in [3.63, 3.8) is 0 Å². The summed E-state index contributed by atoms with van der Waals surface area (Å²) in [5.41, 5.74) is 1.75. The SMILES string of the molecule is Cc1nc(OCC23CCC(CO2)C3)nc(C)c1Br. The summed E-state index contributed by atoms with van der Waals surface area (Å²) in [4.78, 5) is 8.68. The van der Waals surface area contributed by atoms with Gasteiger partial charge in [0.1, 0.15) is 12.2 Å². The number of aryl methyl sites for hydroxylation is 2. The van der Waals surface area contributed by atoms with Crippen molar-refractivity contribution in [3.05, 3.63) is 15.9 Å². The summed E-state index contributed by atoms with van der Waals surface area (Å²) in [5, 5.41) is 0. The molecule has 1 aromatic rings. The normalized spacial score (nSPS) is 29.8. The van der Waals surface area contributed by atoms with Crippen molar-refractivity contribution in [2.45, 2.75) is 38.7 Å². The minimum atomic E-state index is -0.0666. The van der Waals surface area contributed by atoms with Crippen LogP contribution in [0.4, 0.5) is 0 Å². The number of aromatic nitrogens is 2. The van der Waals surface area contributed by atoms with E-state index in [1.165, 1.54) is 6.42 Å². The predicted octanol–water partition coefficient (Wildman–Crippen LogP) is 2.80. The first kappa shape index (κ1) is 12.4. The molecule has 0 N–H and O–H groups in total. The van der Waals surface area contributed by atoms with Crippen LogP contribution in [0.25, 0.3) is 0 Å². The molecule has 18 heavy (non-hydrogen) atoms. The van der Waals surface area contributed by atoms with Crippen LogP contribution in [0.5, 0.6) is 6.01 Å². The van der Waals surface area contributed by atoms with Crippen LogP contribution in [0.1, 0.15) is 30.7 Å². The third-order valence-electron chi connectivity index (χ3n) is 3.92. The Morgan fingerprint density at radius 2 is 2.11 bits per heavy atom. The molecule has 0 radical (unpaired) electrons. The molecule has 2 atom stereocenters. The minimum absolute atomic E-state index is 0.0666. The molecule has 3 rings (SSSR count). The van der Waals surface area contributed by atoms with E-state index >= 15 is 0 Å². The highest BCUT2D eigenvalue weighted by atomic mass is 79.9. The predicted molar refractivity (Wildman–Crippen MR) is 70.7 cm³/mol. The van der Waals surface area contributed by atoms with Crippen molar-refractivity contribution in [2.75, 3.05) is 13.2 Å². The van der Waals surface area contributed by atoms with Gasteiger partial charge in [0, 0.05) is 0 Å². The summed E-state index contributed by atoms with van der Waals surface area (Å²) >= 11 is 3.46. The van der Waals surface area contributed by atoms with Gasteiger partial charge in [0.15, 0.2) is 0 Å². The second-order valence-corrected chi connectivity index (χ2v) is 6.18. The van der Waals surface area contributed by atoms with Gasteiger partial charge in [0.2, 0.25) is 0 Å². The molecule has 2 bridgehead atoms. The molecule has 1 aromatic heterocycles. The van der Waals surface area contributed by atoms with Crippen LogP contribution in [-0.4, -0.2) is 28.8 Å². The molecule has 4 nitrogen and oxygen atoms in total. The zero-order valence-electron chi connectivity index (χ0n) is 10.7. The molecular formula is C13H17BrN2O2. The summed E-state index contributed by atoms with van der Waals surface area (Å²) in [6.45, 7) is 5.36. The zero-order chi connectivity index (χ0) is 12.8. The highest BCUT2D eigenvalue weighted by molar-refractivity contribution is 9.10. The quantitative estimate of drug-likeness (QED) is 0.861. The molecule has 2 aliphatic rings. The van der Waals surface area contributed by atoms with Crippen molar-refractivity contribution in [2.24, 2.45) is 5.92 Å². The number of fused-ring (bicyclic) bond motifs is 2. The van der Waals surface area contributed by atoms with Crippen LogP contribution in [-0.2, 0) is 4.74 Å². The third kappa shape index (κ3) is 2.14. The topological polar surface area (TPSA) is 44.2 Å². The smallest absolute Gasteiger partial charge is 0.316 e. The average molecular weight is 313 g/mol. The van der Waals surface area contributed by atoms with E-state index in [1.807, 2.05) is 13.8 Å². The zero-order valence-corrected chi connectivity index (χ0v) is 12.3. The summed E-state index contributed by atoms with van der Waals surface area (Å²) in [7, 11) is 0. The van der Waals surface area contributed by atoms with Gasteiger partial charge in [0.25, 0.3) is 0 Å². The van der Waals surface area contributed by atoms with E-state index in [4.69, 9.17) is 9.47 Å². The Kier molecular flexibility index (Phi) is 3.06. The fourth-order valence-corrected chi connectivity index (χ4v) is 3.05. The Balaban J connectivity index is 1.70. The van der Waals surface area contributed by atoms with Crippen molar-refractivity contribution in [1.82, 2.24) is 9.97 Å². The highest BCUT2D eigenvalue weighted by Gasteiger charge is 2.47. The lowest BCUT2D eigenvalue weighted by molar-refractivity contribution is -0.0479. The van der Waals surface area contributed by atoms with Crippen molar-refractivity contribution >= 4 is 15.9 Å². The Bertz CT molecular complexity index is 447. The molecule has 2 unspecified atom stereocenters. The first-order valence-electron chi connectivity index (χ1n) is 6.35. The molecule has 1 saturated carbocycles. The lowest BCUT2D eigenvalue weighted by Crippen LogP contribution is -2.34. The lowest BCUT2D eigenvalue weighted by atomic mass is 10.0. The van der Waals surface area contributed by atoms with Crippen LogP contribution >= 0.6 is 15.9 Å². The van der Waals surface area contributed by atoms with E-state index < -0.39 is 0 Å². The largest absolute Gasteiger partial charge is 0.460 e. The van der Waals surface area contributed by atoms with Crippen molar-refractivity contribution in [1.29, 1.82) is 0 Å². The molecule has 0 aromatic carbocycles. The van der Waals surface area contributed by atoms with E-state index in [0.29, 0.717) is 12.6 Å². The second kappa shape index (κ2) is 4.46. The van der Waals surface area contributed by atoms with Gasteiger partial charge in [-0.05, 0) is 55.0 Å². The molecule has 2 heterocycles. The molecule has 0 spiro atoms. The molecule has 98 valence electrons. The van der Waals surface area contributed by atoms with Gasteiger partial charge < -0.3 is 9.47 Å². The molecular weight excluding hydrogens is 296 g/mol. The molecule has 1 aliphatic carbocycles. The van der Waals surface area contributed by atoms with Crippen LogP contribution in [0.3, 0.4) is 0 Å². The van der Waals surface area contributed by atoms with Gasteiger partial charge in [-0.2, -0.15) is 9.97 Å². The molecule has 5 heteroatoms. The van der Waals surface area contributed by atoms with E-state index in [0.717, 1.165) is 41.2 Å². The van der Waals surface area contributed by atoms with E-state index in [1.54, 1.807) is 0 Å². The Labute approximate surface area is 115 Å². The van der Waals surface area contributed by atoms with Gasteiger partial charge in [-0.25, -0.2) is 0 Å². The van der Waals surface area contributed by atoms with Crippen molar-refractivity contribution in [3.8, 4) is 6.01 Å². The number of nitrogens with zero attached hydrogens (tertiary/aromatic N) is 2. The Morgan fingerprint density at radius 3 is 2.61 bits per heavy atom. The van der Waals surface area contributed by atoms with Gasteiger partial charge in [0.05, 0.1) is 22.5 Å². The summed E-state index contributed by atoms with van der Waals surface area (Å²) in [6, 6.07) is 0.460. The number of halogens is 1. The molecule has 1 saturated heterocycles. The fourth-order valence-electron chi connectivity index (χ4n) is 2.87. The standard InChI is InChI=1S/C13H17BrN2O2/c1-8-11(14)9(2)16-12(15-8)17-7-13-4-3-10(5-13)6-18-13/h10H,3-7H2,1-2H3. The Morgan fingerprint density at radius 1 is 1.39 bits per heavy atom. The van der Waals surface area contributed by atoms with E-state index in [-0.39, 0.29) is 5.60 Å². The number of rotatable bonds is 3. The number of hydrogen-bond donors (Lipinski definition) is 0. The van der Waals surface area contributed by atoms with Crippen LogP contribution in [0.2, 0.25) is 0 Å². The minimum Gasteiger partial charge on any atom is -0.460 e. The van der Waals surface area contributed by atoms with Crippen LogP contribution in [0.15, 0.2) is 4.47 Å². The van der Waals surface area contributed by atoms with E-state index in [9.17, 15) is 0 Å². The first-order chi connectivity index (χ1) is 8.58. The van der Waals surface area contributed by atoms with Gasteiger partial charge >= 0.3 is 6.01 Å². The summed E-state index contributed by atoms with van der Waals surface area (Å²) in [6.07, 6.45) is 3.50. The van der Waals surface area contributed by atoms with Gasteiger partial charge in [-0.1, -0.05) is 0 Å². The third-order valence-corrected chi connectivity index (χ3v) is 5.07. The first-order valence-corrected chi connectivity index (χ1v) is 7.15. The summed E-state index contributed by atoms with van der Waals surface area (Å²) < 4.78 is 12.6. The molecule has 2 fully saturated rings. The Hall–Kier alpha value is -0.680. The fraction of sp³-hybridized carbons (Fsp3) is 0.692. The molecule has 0 amide bonds.